The van der Waals surface area contributed by atoms with Crippen LogP contribution in [0.1, 0.15) is 49.4 Å². The largest absolute Gasteiger partial charge is 0.489 e. The molecule has 2 aromatic rings. The maximum atomic E-state index is 6.00. The zero-order valence-electron chi connectivity index (χ0n) is 12.8. The number of nitrogens with two attached hydrogens (primary N) is 1. The molecule has 0 aliphatic carbocycles. The topological polar surface area (TPSA) is 35.2 Å². The first-order valence-electron chi connectivity index (χ1n) is 7.24. The van der Waals surface area contributed by atoms with Gasteiger partial charge in [0, 0.05) is 16.1 Å². The standard InChI is InChI=1S/C18H22BrNO/c1-12(2)15-6-4-14(5-7-15)11-21-18-9-8-16(19)10-17(18)13(3)20/h4-10,12-13H,11,20H2,1-3H3/t13-/m1/s1. The first-order chi connectivity index (χ1) is 9.97. The van der Waals surface area contributed by atoms with Gasteiger partial charge in [0.25, 0.3) is 0 Å². The minimum atomic E-state index is -0.0548. The summed E-state index contributed by atoms with van der Waals surface area (Å²) in [6.07, 6.45) is 0. The van der Waals surface area contributed by atoms with Crippen LogP contribution in [0.5, 0.6) is 5.75 Å². The van der Waals surface area contributed by atoms with Crippen LogP contribution in [0, 0.1) is 0 Å². The molecule has 21 heavy (non-hydrogen) atoms. The molecule has 2 rings (SSSR count). The Morgan fingerprint density at radius 3 is 2.29 bits per heavy atom. The molecule has 0 saturated carbocycles. The molecule has 0 saturated heterocycles. The number of hydrogen-bond acceptors (Lipinski definition) is 2. The van der Waals surface area contributed by atoms with Crippen molar-refractivity contribution in [2.75, 3.05) is 0 Å². The number of rotatable bonds is 5. The third-order valence-corrected chi connectivity index (χ3v) is 4.00. The molecular weight excluding hydrogens is 326 g/mol. The van der Waals surface area contributed by atoms with Crippen molar-refractivity contribution in [3.05, 3.63) is 63.6 Å². The van der Waals surface area contributed by atoms with Crippen LogP contribution < -0.4 is 10.5 Å². The molecule has 0 aliphatic heterocycles. The highest BCUT2D eigenvalue weighted by Gasteiger charge is 2.09. The average molecular weight is 348 g/mol. The Bertz CT molecular complexity index is 591. The Morgan fingerprint density at radius 2 is 1.71 bits per heavy atom. The number of benzene rings is 2. The van der Waals surface area contributed by atoms with Gasteiger partial charge in [0.1, 0.15) is 12.4 Å². The van der Waals surface area contributed by atoms with Gasteiger partial charge in [-0.3, -0.25) is 0 Å². The molecule has 3 heteroatoms. The third kappa shape index (κ3) is 4.32. The second kappa shape index (κ2) is 7.10. The van der Waals surface area contributed by atoms with Gasteiger partial charge in [0.2, 0.25) is 0 Å². The Labute approximate surface area is 135 Å². The number of halogens is 1. The number of hydrogen-bond donors (Lipinski definition) is 1. The molecule has 2 N–H and O–H groups in total. The molecule has 0 fully saturated rings. The molecule has 0 aliphatic rings. The molecule has 2 aromatic carbocycles. The highest BCUT2D eigenvalue weighted by atomic mass is 79.9. The van der Waals surface area contributed by atoms with Crippen LogP contribution in [0.2, 0.25) is 0 Å². The van der Waals surface area contributed by atoms with E-state index in [-0.39, 0.29) is 6.04 Å². The molecule has 0 aromatic heterocycles. The van der Waals surface area contributed by atoms with E-state index in [1.54, 1.807) is 0 Å². The quantitative estimate of drug-likeness (QED) is 0.809. The molecule has 112 valence electrons. The van der Waals surface area contributed by atoms with Crippen LogP contribution >= 0.6 is 15.9 Å². The maximum absolute atomic E-state index is 6.00. The van der Waals surface area contributed by atoms with Crippen LogP contribution in [-0.4, -0.2) is 0 Å². The van der Waals surface area contributed by atoms with Gasteiger partial charge in [-0.1, -0.05) is 54.0 Å². The molecule has 0 unspecified atom stereocenters. The molecule has 1 atom stereocenters. The minimum absolute atomic E-state index is 0.0548. The summed E-state index contributed by atoms with van der Waals surface area (Å²) in [7, 11) is 0. The lowest BCUT2D eigenvalue weighted by Gasteiger charge is -2.15. The molecule has 2 nitrogen and oxygen atoms in total. The Kier molecular flexibility index (Phi) is 5.43. The van der Waals surface area contributed by atoms with Gasteiger partial charge in [0.05, 0.1) is 0 Å². The van der Waals surface area contributed by atoms with Gasteiger partial charge >= 0.3 is 0 Å². The Balaban J connectivity index is 2.09. The van der Waals surface area contributed by atoms with Crippen LogP contribution in [0.15, 0.2) is 46.9 Å². The minimum Gasteiger partial charge on any atom is -0.489 e. The van der Waals surface area contributed by atoms with Crippen molar-refractivity contribution in [3.8, 4) is 5.75 Å². The zero-order chi connectivity index (χ0) is 15.4. The summed E-state index contributed by atoms with van der Waals surface area (Å²) >= 11 is 3.47. The van der Waals surface area contributed by atoms with Crippen LogP contribution in [0.4, 0.5) is 0 Å². The summed E-state index contributed by atoms with van der Waals surface area (Å²) in [4.78, 5) is 0. The van der Waals surface area contributed by atoms with Crippen LogP contribution in [-0.2, 0) is 6.61 Å². The zero-order valence-corrected chi connectivity index (χ0v) is 14.4. The lowest BCUT2D eigenvalue weighted by molar-refractivity contribution is 0.301. The summed E-state index contributed by atoms with van der Waals surface area (Å²) < 4.78 is 6.96. The van der Waals surface area contributed by atoms with E-state index in [1.165, 1.54) is 5.56 Å². The van der Waals surface area contributed by atoms with E-state index in [9.17, 15) is 0 Å². The molecule has 0 amide bonds. The van der Waals surface area contributed by atoms with Crippen molar-refractivity contribution in [3.63, 3.8) is 0 Å². The molecule has 0 bridgehead atoms. The van der Waals surface area contributed by atoms with Gasteiger partial charge in [-0.15, -0.1) is 0 Å². The van der Waals surface area contributed by atoms with Crippen LogP contribution in [0.3, 0.4) is 0 Å². The summed E-state index contributed by atoms with van der Waals surface area (Å²) in [6.45, 7) is 6.91. The normalized spacial score (nSPS) is 12.5. The van der Waals surface area contributed by atoms with E-state index < -0.39 is 0 Å². The fourth-order valence-electron chi connectivity index (χ4n) is 2.17. The SMILES string of the molecule is CC(C)c1ccc(COc2ccc(Br)cc2[C@@H](C)N)cc1. The predicted octanol–water partition coefficient (Wildman–Crippen LogP) is 5.17. The summed E-state index contributed by atoms with van der Waals surface area (Å²) in [5, 5.41) is 0. The molecular formula is C18H22BrNO. The average Bonchev–Trinajstić information content (AvgIpc) is 2.46. The van der Waals surface area contributed by atoms with Crippen molar-refractivity contribution in [2.45, 2.75) is 39.3 Å². The van der Waals surface area contributed by atoms with E-state index in [0.717, 1.165) is 21.3 Å². The maximum Gasteiger partial charge on any atom is 0.124 e. The smallest absolute Gasteiger partial charge is 0.124 e. The first kappa shape index (κ1) is 16.1. The van der Waals surface area contributed by atoms with Crippen molar-refractivity contribution < 1.29 is 4.74 Å². The third-order valence-electron chi connectivity index (χ3n) is 3.50. The summed E-state index contributed by atoms with van der Waals surface area (Å²) in [5.74, 6) is 1.40. The lowest BCUT2D eigenvalue weighted by atomic mass is 10.0. The summed E-state index contributed by atoms with van der Waals surface area (Å²) in [5.41, 5.74) is 9.53. The van der Waals surface area contributed by atoms with Gasteiger partial charge in [-0.05, 0) is 42.2 Å². The Morgan fingerprint density at radius 1 is 1.05 bits per heavy atom. The van der Waals surface area contributed by atoms with Crippen molar-refractivity contribution in [1.82, 2.24) is 0 Å². The van der Waals surface area contributed by atoms with Gasteiger partial charge in [0.15, 0.2) is 0 Å². The van der Waals surface area contributed by atoms with E-state index in [0.29, 0.717) is 12.5 Å². The highest BCUT2D eigenvalue weighted by Crippen LogP contribution is 2.28. The predicted molar refractivity (Wildman–Crippen MR) is 91.6 cm³/mol. The fraction of sp³-hybridized carbons (Fsp3) is 0.333. The van der Waals surface area contributed by atoms with Crippen molar-refractivity contribution in [2.24, 2.45) is 5.73 Å². The second-order valence-electron chi connectivity index (χ2n) is 5.66. The van der Waals surface area contributed by atoms with Crippen LogP contribution in [0.25, 0.3) is 0 Å². The van der Waals surface area contributed by atoms with Crippen molar-refractivity contribution >= 4 is 15.9 Å². The molecule has 0 heterocycles. The highest BCUT2D eigenvalue weighted by molar-refractivity contribution is 9.10. The summed E-state index contributed by atoms with van der Waals surface area (Å²) in [6, 6.07) is 14.5. The Hall–Kier alpha value is -1.32. The van der Waals surface area contributed by atoms with Gasteiger partial charge in [-0.25, -0.2) is 0 Å². The molecule has 0 radical (unpaired) electrons. The first-order valence-corrected chi connectivity index (χ1v) is 8.03. The fourth-order valence-corrected chi connectivity index (χ4v) is 2.55. The second-order valence-corrected chi connectivity index (χ2v) is 6.57. The lowest BCUT2D eigenvalue weighted by Crippen LogP contribution is -2.08. The molecule has 0 spiro atoms. The van der Waals surface area contributed by atoms with Crippen molar-refractivity contribution in [1.29, 1.82) is 0 Å². The van der Waals surface area contributed by atoms with E-state index in [2.05, 4.69) is 54.0 Å². The van der Waals surface area contributed by atoms with E-state index in [4.69, 9.17) is 10.5 Å². The van der Waals surface area contributed by atoms with Gasteiger partial charge < -0.3 is 10.5 Å². The van der Waals surface area contributed by atoms with E-state index in [1.807, 2.05) is 25.1 Å². The number of ether oxygens (including phenoxy) is 1. The monoisotopic (exact) mass is 347 g/mol. The van der Waals surface area contributed by atoms with E-state index >= 15 is 0 Å². The van der Waals surface area contributed by atoms with Gasteiger partial charge in [-0.2, -0.15) is 0 Å².